The second-order valence-electron chi connectivity index (χ2n) is 4.44. The second kappa shape index (κ2) is 2.58. The predicted octanol–water partition coefficient (Wildman–Crippen LogP) is 2.49. The monoisotopic (exact) mass is 193 g/mol. The molecule has 0 bridgehead atoms. The van der Waals surface area contributed by atoms with E-state index in [0.29, 0.717) is 5.41 Å². The molecule has 1 atom stereocenters. The van der Waals surface area contributed by atoms with E-state index in [1.165, 1.54) is 19.3 Å². The minimum atomic E-state index is 0.650. The summed E-state index contributed by atoms with van der Waals surface area (Å²) in [5.74, 6) is 0.808. The Morgan fingerprint density at radius 3 is 3.15 bits per heavy atom. The second-order valence-corrected chi connectivity index (χ2v) is 5.39. The molecule has 1 N–H and O–H groups in total. The summed E-state index contributed by atoms with van der Waals surface area (Å²) < 4.78 is 0. The average Bonchev–Trinajstić information content (AvgIpc) is 2.61. The highest BCUT2D eigenvalue weighted by atomic mass is 32.1. The Kier molecular flexibility index (Phi) is 1.59. The minimum Gasteiger partial charge on any atom is -0.319 e. The lowest BCUT2D eigenvalue weighted by atomic mass is 9.99. The van der Waals surface area contributed by atoms with E-state index in [-0.39, 0.29) is 0 Å². The van der Waals surface area contributed by atoms with E-state index in [1.54, 1.807) is 10.4 Å². The zero-order valence-electron chi connectivity index (χ0n) is 7.97. The van der Waals surface area contributed by atoms with Crippen LogP contribution in [0.5, 0.6) is 0 Å². The van der Waals surface area contributed by atoms with E-state index in [2.05, 4.69) is 23.8 Å². The maximum atomic E-state index is 3.31. The van der Waals surface area contributed by atoms with E-state index in [1.807, 2.05) is 11.3 Å². The van der Waals surface area contributed by atoms with Crippen molar-refractivity contribution in [2.45, 2.75) is 30.6 Å². The standard InChI is InChI=1S/C11H15NS/c1-12-7-8-6-11(3-4-11)9-2-5-13-10(8)9/h2,5,8,12H,3-4,6-7H2,1H3/t8-/m1/s1. The van der Waals surface area contributed by atoms with Crippen LogP contribution in [-0.4, -0.2) is 13.6 Å². The van der Waals surface area contributed by atoms with Gasteiger partial charge < -0.3 is 5.32 Å². The van der Waals surface area contributed by atoms with Crippen LogP contribution in [0.4, 0.5) is 0 Å². The summed E-state index contributed by atoms with van der Waals surface area (Å²) in [5, 5.41) is 5.58. The summed E-state index contributed by atoms with van der Waals surface area (Å²) in [6.45, 7) is 1.16. The molecule has 1 aromatic rings. The fraction of sp³-hybridized carbons (Fsp3) is 0.636. The zero-order chi connectivity index (χ0) is 8.89. The molecule has 0 saturated heterocycles. The number of hydrogen-bond acceptors (Lipinski definition) is 2. The highest BCUT2D eigenvalue weighted by Crippen LogP contribution is 2.61. The molecule has 1 spiro atoms. The molecule has 2 aliphatic carbocycles. The van der Waals surface area contributed by atoms with Crippen LogP contribution in [0.2, 0.25) is 0 Å². The molecule has 70 valence electrons. The van der Waals surface area contributed by atoms with Crippen LogP contribution in [0, 0.1) is 0 Å². The number of rotatable bonds is 2. The third-order valence-corrected chi connectivity index (χ3v) is 4.66. The number of thiophene rings is 1. The van der Waals surface area contributed by atoms with Gasteiger partial charge in [-0.3, -0.25) is 0 Å². The van der Waals surface area contributed by atoms with Crippen LogP contribution in [0.15, 0.2) is 11.4 Å². The Morgan fingerprint density at radius 1 is 1.62 bits per heavy atom. The molecular weight excluding hydrogens is 178 g/mol. The molecule has 1 saturated carbocycles. The molecule has 3 rings (SSSR count). The Morgan fingerprint density at radius 2 is 2.46 bits per heavy atom. The first-order valence-corrected chi connectivity index (χ1v) is 5.96. The third kappa shape index (κ3) is 1.02. The molecule has 0 amide bonds. The lowest BCUT2D eigenvalue weighted by Gasteiger charge is -2.09. The van der Waals surface area contributed by atoms with E-state index in [0.717, 1.165) is 12.5 Å². The van der Waals surface area contributed by atoms with Gasteiger partial charge in [0.15, 0.2) is 0 Å². The van der Waals surface area contributed by atoms with Gasteiger partial charge in [0.1, 0.15) is 0 Å². The van der Waals surface area contributed by atoms with Crippen molar-refractivity contribution in [3.05, 3.63) is 21.9 Å². The van der Waals surface area contributed by atoms with Crippen molar-refractivity contribution in [3.8, 4) is 0 Å². The van der Waals surface area contributed by atoms with Crippen LogP contribution >= 0.6 is 11.3 Å². The van der Waals surface area contributed by atoms with Gasteiger partial charge in [0, 0.05) is 17.3 Å². The summed E-state index contributed by atoms with van der Waals surface area (Å²) in [6, 6.07) is 2.36. The van der Waals surface area contributed by atoms with Gasteiger partial charge in [-0.2, -0.15) is 0 Å². The molecule has 1 heterocycles. The largest absolute Gasteiger partial charge is 0.319 e. The molecule has 0 aromatic carbocycles. The van der Waals surface area contributed by atoms with Crippen molar-refractivity contribution in [2.24, 2.45) is 0 Å². The quantitative estimate of drug-likeness (QED) is 0.761. The van der Waals surface area contributed by atoms with Gasteiger partial charge in [0.05, 0.1) is 0 Å². The molecule has 0 radical (unpaired) electrons. The normalized spacial score (nSPS) is 27.9. The van der Waals surface area contributed by atoms with Gasteiger partial charge in [-0.15, -0.1) is 11.3 Å². The Hall–Kier alpha value is -0.340. The molecule has 2 heteroatoms. The third-order valence-electron chi connectivity index (χ3n) is 3.58. The lowest BCUT2D eigenvalue weighted by Crippen LogP contribution is -2.15. The summed E-state index contributed by atoms with van der Waals surface area (Å²) in [7, 11) is 2.06. The molecule has 13 heavy (non-hydrogen) atoms. The minimum absolute atomic E-state index is 0.650. The fourth-order valence-electron chi connectivity index (χ4n) is 2.79. The summed E-state index contributed by atoms with van der Waals surface area (Å²) in [4.78, 5) is 1.67. The topological polar surface area (TPSA) is 12.0 Å². The van der Waals surface area contributed by atoms with Crippen molar-refractivity contribution in [2.75, 3.05) is 13.6 Å². The van der Waals surface area contributed by atoms with Gasteiger partial charge in [0.25, 0.3) is 0 Å². The molecule has 0 unspecified atom stereocenters. The first kappa shape index (κ1) is 8.01. The summed E-state index contributed by atoms with van der Waals surface area (Å²) in [5.41, 5.74) is 2.34. The van der Waals surface area contributed by atoms with Crippen LogP contribution in [0.1, 0.15) is 35.6 Å². The van der Waals surface area contributed by atoms with Gasteiger partial charge in [-0.1, -0.05) is 0 Å². The lowest BCUT2D eigenvalue weighted by molar-refractivity contribution is 0.558. The first-order valence-electron chi connectivity index (χ1n) is 5.08. The first-order chi connectivity index (χ1) is 6.36. The van der Waals surface area contributed by atoms with Gasteiger partial charge in [-0.05, 0) is 48.7 Å². The Bertz CT molecular complexity index is 325. The molecule has 1 nitrogen and oxygen atoms in total. The smallest absolute Gasteiger partial charge is 0.0127 e. The van der Waals surface area contributed by atoms with E-state index >= 15 is 0 Å². The number of fused-ring (bicyclic) bond motifs is 2. The predicted molar refractivity (Wildman–Crippen MR) is 56.5 cm³/mol. The SMILES string of the molecule is CNC[C@H]1CC2(CC2)c2ccsc21. The Balaban J connectivity index is 1.97. The van der Waals surface area contributed by atoms with Crippen LogP contribution in [0.3, 0.4) is 0 Å². The maximum Gasteiger partial charge on any atom is 0.0127 e. The molecule has 0 aliphatic heterocycles. The number of hydrogen-bond donors (Lipinski definition) is 1. The van der Waals surface area contributed by atoms with Gasteiger partial charge >= 0.3 is 0 Å². The van der Waals surface area contributed by atoms with Crippen molar-refractivity contribution in [3.63, 3.8) is 0 Å². The number of nitrogens with one attached hydrogen (secondary N) is 1. The van der Waals surface area contributed by atoms with Crippen molar-refractivity contribution >= 4 is 11.3 Å². The fourth-order valence-corrected chi connectivity index (χ4v) is 3.91. The highest BCUT2D eigenvalue weighted by molar-refractivity contribution is 7.10. The Labute approximate surface area is 83.2 Å². The van der Waals surface area contributed by atoms with E-state index in [9.17, 15) is 0 Å². The summed E-state index contributed by atoms with van der Waals surface area (Å²) >= 11 is 1.96. The van der Waals surface area contributed by atoms with Crippen molar-refractivity contribution in [1.29, 1.82) is 0 Å². The zero-order valence-corrected chi connectivity index (χ0v) is 8.79. The van der Waals surface area contributed by atoms with Gasteiger partial charge in [0.2, 0.25) is 0 Å². The number of likely N-dealkylation sites (N-methyl/N-ethyl adjacent to an activating group) is 1. The molecule has 1 fully saturated rings. The van der Waals surface area contributed by atoms with Crippen molar-refractivity contribution < 1.29 is 0 Å². The van der Waals surface area contributed by atoms with E-state index in [4.69, 9.17) is 0 Å². The van der Waals surface area contributed by atoms with Crippen LogP contribution < -0.4 is 5.32 Å². The van der Waals surface area contributed by atoms with Crippen LogP contribution in [-0.2, 0) is 5.41 Å². The van der Waals surface area contributed by atoms with Crippen LogP contribution in [0.25, 0.3) is 0 Å². The van der Waals surface area contributed by atoms with Gasteiger partial charge in [-0.25, -0.2) is 0 Å². The molecular formula is C11H15NS. The molecule has 2 aliphatic rings. The van der Waals surface area contributed by atoms with E-state index < -0.39 is 0 Å². The highest BCUT2D eigenvalue weighted by Gasteiger charge is 2.52. The average molecular weight is 193 g/mol. The summed E-state index contributed by atoms with van der Waals surface area (Å²) in [6.07, 6.45) is 4.30. The molecule has 1 aromatic heterocycles. The van der Waals surface area contributed by atoms with Crippen molar-refractivity contribution in [1.82, 2.24) is 5.32 Å². The maximum absolute atomic E-state index is 3.31.